The molecule has 4 rings (SSSR count). The lowest BCUT2D eigenvalue weighted by molar-refractivity contribution is -0.139. The van der Waals surface area contributed by atoms with Crippen LogP contribution in [0.4, 0.5) is 5.69 Å². The van der Waals surface area contributed by atoms with Gasteiger partial charge in [-0.3, -0.25) is 13.9 Å². The largest absolute Gasteiger partial charge is 0.339 e. The van der Waals surface area contributed by atoms with Crippen LogP contribution < -0.4 is 4.31 Å². The molecular weight excluding hydrogens is 378 g/mol. The topological polar surface area (TPSA) is 78.0 Å². The maximum Gasteiger partial charge on any atom is 0.253 e. The molecule has 8 heteroatoms. The third-order valence-electron chi connectivity index (χ3n) is 6.17. The normalized spacial score (nSPS) is 22.8. The fraction of sp³-hybridized carbons (Fsp3) is 0.600. The second kappa shape index (κ2) is 7.06. The monoisotopic (exact) mass is 405 g/mol. The molecule has 3 aliphatic rings. The van der Waals surface area contributed by atoms with Crippen LogP contribution in [-0.2, 0) is 21.2 Å². The highest BCUT2D eigenvalue weighted by Gasteiger charge is 2.34. The number of sulfonamides is 1. The number of amides is 2. The molecule has 152 valence electrons. The van der Waals surface area contributed by atoms with Crippen molar-refractivity contribution in [1.82, 2.24) is 9.80 Å². The fourth-order valence-corrected chi connectivity index (χ4v) is 5.73. The summed E-state index contributed by atoms with van der Waals surface area (Å²) < 4.78 is 25.5. The molecule has 2 heterocycles. The predicted molar refractivity (Wildman–Crippen MR) is 107 cm³/mol. The van der Waals surface area contributed by atoms with Gasteiger partial charge in [0.25, 0.3) is 5.91 Å². The van der Waals surface area contributed by atoms with Gasteiger partial charge in [-0.25, -0.2) is 8.42 Å². The second-order valence-electron chi connectivity index (χ2n) is 8.20. The van der Waals surface area contributed by atoms with Crippen molar-refractivity contribution < 1.29 is 18.0 Å². The first-order chi connectivity index (χ1) is 13.3. The van der Waals surface area contributed by atoms with Crippen molar-refractivity contribution in [1.29, 1.82) is 0 Å². The minimum absolute atomic E-state index is 0.0519. The molecule has 28 heavy (non-hydrogen) atoms. The first-order valence-electron chi connectivity index (χ1n) is 9.96. The number of piperazine rings is 1. The Morgan fingerprint density at radius 3 is 2.25 bits per heavy atom. The highest BCUT2D eigenvalue weighted by molar-refractivity contribution is 7.92. The van der Waals surface area contributed by atoms with Gasteiger partial charge in [0, 0.05) is 43.7 Å². The third-order valence-corrected chi connectivity index (χ3v) is 7.44. The zero-order valence-electron chi connectivity index (χ0n) is 16.4. The van der Waals surface area contributed by atoms with E-state index in [0.717, 1.165) is 24.8 Å². The van der Waals surface area contributed by atoms with Crippen LogP contribution in [0.15, 0.2) is 18.2 Å². The van der Waals surface area contributed by atoms with Crippen molar-refractivity contribution in [2.24, 2.45) is 5.92 Å². The summed E-state index contributed by atoms with van der Waals surface area (Å²) in [7, 11) is -3.34. The van der Waals surface area contributed by atoms with Crippen LogP contribution in [0.5, 0.6) is 0 Å². The van der Waals surface area contributed by atoms with Crippen LogP contribution in [0.1, 0.15) is 42.1 Å². The second-order valence-corrected chi connectivity index (χ2v) is 10.1. The Bertz CT molecular complexity index is 902. The van der Waals surface area contributed by atoms with Crippen molar-refractivity contribution in [2.75, 3.05) is 36.7 Å². The minimum atomic E-state index is -3.34. The molecular formula is C20H27N3O4S. The Morgan fingerprint density at radius 1 is 1.04 bits per heavy atom. The summed E-state index contributed by atoms with van der Waals surface area (Å²) in [6.45, 7) is 4.14. The van der Waals surface area contributed by atoms with Gasteiger partial charge in [-0.05, 0) is 49.9 Å². The minimum Gasteiger partial charge on any atom is -0.339 e. The van der Waals surface area contributed by atoms with Gasteiger partial charge < -0.3 is 9.80 Å². The Kier molecular flexibility index (Phi) is 4.85. The van der Waals surface area contributed by atoms with Gasteiger partial charge >= 0.3 is 0 Å². The predicted octanol–water partition coefficient (Wildman–Crippen LogP) is 1.48. The average molecular weight is 406 g/mol. The number of anilines is 1. The van der Waals surface area contributed by atoms with Gasteiger partial charge in [-0.2, -0.15) is 0 Å². The Morgan fingerprint density at radius 2 is 1.68 bits per heavy atom. The first-order valence-corrected chi connectivity index (χ1v) is 11.8. The highest BCUT2D eigenvalue weighted by atomic mass is 32.2. The standard InChI is InChI=1S/C20H27N3O4S/c1-14-12-17-13-16(6-7-18(17)23(14)28(2,26)27)20(25)22-10-8-21(9-11-22)19(24)15-4-3-5-15/h6-7,13-15H,3-5,8-12H2,1-2H3. The van der Waals surface area contributed by atoms with E-state index in [4.69, 9.17) is 0 Å². The van der Waals surface area contributed by atoms with E-state index < -0.39 is 10.0 Å². The van der Waals surface area contributed by atoms with Crippen molar-refractivity contribution in [3.63, 3.8) is 0 Å². The van der Waals surface area contributed by atoms with Gasteiger partial charge in [-0.15, -0.1) is 0 Å². The lowest BCUT2D eigenvalue weighted by Gasteiger charge is -2.38. The summed E-state index contributed by atoms with van der Waals surface area (Å²) in [6, 6.07) is 5.13. The SMILES string of the molecule is CC1Cc2cc(C(=O)N3CCN(C(=O)C4CCC4)CC3)ccc2N1S(C)(=O)=O. The number of benzene rings is 1. The third kappa shape index (κ3) is 3.38. The van der Waals surface area contributed by atoms with Crippen molar-refractivity contribution in [3.8, 4) is 0 Å². The summed E-state index contributed by atoms with van der Waals surface area (Å²) >= 11 is 0. The molecule has 2 aliphatic heterocycles. The molecule has 1 saturated heterocycles. The first kappa shape index (κ1) is 19.2. The van der Waals surface area contributed by atoms with Crippen molar-refractivity contribution >= 4 is 27.5 Å². The Balaban J connectivity index is 1.44. The van der Waals surface area contributed by atoms with Crippen LogP contribution in [0.2, 0.25) is 0 Å². The summed E-state index contributed by atoms with van der Waals surface area (Å²) in [5.41, 5.74) is 2.14. The summed E-state index contributed by atoms with van der Waals surface area (Å²) in [5.74, 6) is 0.383. The maximum absolute atomic E-state index is 12.9. The van der Waals surface area contributed by atoms with E-state index in [1.165, 1.54) is 10.6 Å². The zero-order valence-corrected chi connectivity index (χ0v) is 17.2. The summed E-state index contributed by atoms with van der Waals surface area (Å²) in [6.07, 6.45) is 4.95. The van der Waals surface area contributed by atoms with E-state index in [-0.39, 0.29) is 23.8 Å². The Hall–Kier alpha value is -2.09. The number of rotatable bonds is 3. The molecule has 2 fully saturated rings. The number of nitrogens with zero attached hydrogens (tertiary/aromatic N) is 3. The van der Waals surface area contributed by atoms with E-state index in [0.29, 0.717) is 43.9 Å². The van der Waals surface area contributed by atoms with Crippen LogP contribution in [0, 0.1) is 5.92 Å². The lowest BCUT2D eigenvalue weighted by Crippen LogP contribution is -2.52. The van der Waals surface area contributed by atoms with E-state index in [2.05, 4.69) is 0 Å². The van der Waals surface area contributed by atoms with Gasteiger partial charge in [0.1, 0.15) is 0 Å². The zero-order chi connectivity index (χ0) is 20.1. The van der Waals surface area contributed by atoms with Gasteiger partial charge in [0.05, 0.1) is 11.9 Å². The molecule has 1 aliphatic carbocycles. The molecule has 1 aromatic carbocycles. The quantitative estimate of drug-likeness (QED) is 0.763. The lowest BCUT2D eigenvalue weighted by atomic mass is 9.84. The molecule has 1 atom stereocenters. The molecule has 0 radical (unpaired) electrons. The molecule has 7 nitrogen and oxygen atoms in total. The van der Waals surface area contributed by atoms with Crippen molar-refractivity contribution in [2.45, 2.75) is 38.6 Å². The molecule has 0 bridgehead atoms. The van der Waals surface area contributed by atoms with Crippen LogP contribution in [0.25, 0.3) is 0 Å². The number of hydrogen-bond acceptors (Lipinski definition) is 4. The molecule has 1 aromatic rings. The summed E-state index contributed by atoms with van der Waals surface area (Å²) in [5, 5.41) is 0. The van der Waals surface area contributed by atoms with Crippen molar-refractivity contribution in [3.05, 3.63) is 29.3 Å². The molecule has 0 N–H and O–H groups in total. The molecule has 1 unspecified atom stereocenters. The van der Waals surface area contributed by atoms with E-state index >= 15 is 0 Å². The van der Waals surface area contributed by atoms with Gasteiger partial charge in [0.15, 0.2) is 0 Å². The van der Waals surface area contributed by atoms with E-state index in [1.54, 1.807) is 17.0 Å². The Labute approximate surface area is 166 Å². The van der Waals surface area contributed by atoms with E-state index in [9.17, 15) is 18.0 Å². The molecule has 1 saturated carbocycles. The number of hydrogen-bond donors (Lipinski definition) is 0. The van der Waals surface area contributed by atoms with Crippen LogP contribution in [0.3, 0.4) is 0 Å². The molecule has 2 amide bonds. The average Bonchev–Trinajstić information content (AvgIpc) is 2.94. The fourth-order valence-electron chi connectivity index (χ4n) is 4.47. The number of fused-ring (bicyclic) bond motifs is 1. The van der Waals surface area contributed by atoms with Crippen LogP contribution >= 0.6 is 0 Å². The van der Waals surface area contributed by atoms with E-state index in [1.807, 2.05) is 17.9 Å². The van der Waals surface area contributed by atoms with Gasteiger partial charge in [-0.1, -0.05) is 6.42 Å². The molecule has 0 aromatic heterocycles. The van der Waals surface area contributed by atoms with Gasteiger partial charge in [0.2, 0.25) is 15.9 Å². The number of carbonyl (C=O) groups excluding carboxylic acids is 2. The smallest absolute Gasteiger partial charge is 0.253 e. The molecule has 0 spiro atoms. The van der Waals surface area contributed by atoms with Crippen LogP contribution in [-0.4, -0.2) is 68.5 Å². The summed E-state index contributed by atoms with van der Waals surface area (Å²) in [4.78, 5) is 29.0. The maximum atomic E-state index is 12.9. The number of carbonyl (C=O) groups is 2. The highest BCUT2D eigenvalue weighted by Crippen LogP contribution is 2.35.